The summed E-state index contributed by atoms with van der Waals surface area (Å²) in [5.41, 5.74) is 1.19. The first-order chi connectivity index (χ1) is 7.24. The number of benzene rings is 1. The monoisotopic (exact) mass is 207 g/mol. The van der Waals surface area contributed by atoms with Crippen LogP contribution in [0.3, 0.4) is 0 Å². The maximum atomic E-state index is 11.2. The Kier molecular flexibility index (Phi) is 2.60. The predicted molar refractivity (Wildman–Crippen MR) is 55.8 cm³/mol. The minimum Gasteiger partial charge on any atom is -0.491 e. The normalized spacial score (nSPS) is 18.5. The van der Waals surface area contributed by atoms with E-state index in [2.05, 4.69) is 5.32 Å². The molecule has 1 aliphatic heterocycles. The van der Waals surface area contributed by atoms with Crippen molar-refractivity contribution in [2.45, 2.75) is 19.4 Å². The fourth-order valence-corrected chi connectivity index (χ4v) is 1.57. The fourth-order valence-electron chi connectivity index (χ4n) is 1.57. The van der Waals surface area contributed by atoms with Crippen molar-refractivity contribution >= 4 is 11.6 Å². The lowest BCUT2D eigenvalue weighted by Gasteiger charge is -2.09. The van der Waals surface area contributed by atoms with Crippen LogP contribution >= 0.6 is 0 Å². The highest BCUT2D eigenvalue weighted by molar-refractivity contribution is 6.03. The van der Waals surface area contributed by atoms with Crippen LogP contribution in [0.2, 0.25) is 0 Å². The number of amides is 1. The predicted octanol–water partition coefficient (Wildman–Crippen LogP) is 1.46. The number of hydrogen-bond donors (Lipinski definition) is 2. The van der Waals surface area contributed by atoms with E-state index in [9.17, 15) is 9.90 Å². The Bertz CT molecular complexity index is 389. The van der Waals surface area contributed by atoms with Gasteiger partial charge in [0.1, 0.15) is 5.75 Å². The number of para-hydroxylation sites is 1. The molecule has 0 saturated heterocycles. The van der Waals surface area contributed by atoms with Crippen LogP contribution in [0.15, 0.2) is 18.2 Å². The first-order valence-electron chi connectivity index (χ1n) is 4.98. The summed E-state index contributed by atoms with van der Waals surface area (Å²) < 4.78 is 5.47. The second kappa shape index (κ2) is 3.90. The van der Waals surface area contributed by atoms with Crippen molar-refractivity contribution in [1.29, 1.82) is 0 Å². The van der Waals surface area contributed by atoms with Gasteiger partial charge in [-0.15, -0.1) is 0 Å². The number of rotatable bonds is 3. The standard InChI is InChI=1S/C11H13NO3/c1-2-6-15-8-5-3-4-7-9(8)12-11(14)10(7)13/h3-5,10,13H,2,6H2,1H3,(H,12,14). The molecule has 4 heteroatoms. The Balaban J connectivity index is 2.32. The molecule has 0 saturated carbocycles. The molecular formula is C11H13NO3. The van der Waals surface area contributed by atoms with Gasteiger partial charge in [-0.1, -0.05) is 19.1 Å². The molecule has 0 radical (unpaired) electrons. The van der Waals surface area contributed by atoms with Crippen molar-refractivity contribution in [2.24, 2.45) is 0 Å². The van der Waals surface area contributed by atoms with Gasteiger partial charge in [0.25, 0.3) is 5.91 Å². The van der Waals surface area contributed by atoms with Crippen LogP contribution in [0.25, 0.3) is 0 Å². The minimum atomic E-state index is -1.06. The molecule has 0 bridgehead atoms. The van der Waals surface area contributed by atoms with Crippen LogP contribution in [0.4, 0.5) is 5.69 Å². The molecule has 1 unspecified atom stereocenters. The molecule has 1 aromatic carbocycles. The van der Waals surface area contributed by atoms with Gasteiger partial charge in [-0.3, -0.25) is 4.79 Å². The molecule has 1 aromatic rings. The van der Waals surface area contributed by atoms with E-state index in [1.54, 1.807) is 18.2 Å². The zero-order valence-electron chi connectivity index (χ0n) is 8.49. The molecule has 0 fully saturated rings. The van der Waals surface area contributed by atoms with Gasteiger partial charge < -0.3 is 15.2 Å². The Morgan fingerprint density at radius 2 is 2.33 bits per heavy atom. The highest BCUT2D eigenvalue weighted by Crippen LogP contribution is 2.37. The molecule has 1 heterocycles. The minimum absolute atomic E-state index is 0.391. The Morgan fingerprint density at radius 3 is 3.07 bits per heavy atom. The van der Waals surface area contributed by atoms with E-state index in [0.717, 1.165) is 6.42 Å². The van der Waals surface area contributed by atoms with Crippen LogP contribution < -0.4 is 10.1 Å². The van der Waals surface area contributed by atoms with Crippen molar-refractivity contribution in [3.05, 3.63) is 23.8 Å². The molecule has 0 aliphatic carbocycles. The topological polar surface area (TPSA) is 58.6 Å². The first kappa shape index (κ1) is 9.98. The average Bonchev–Trinajstić information content (AvgIpc) is 2.53. The van der Waals surface area contributed by atoms with Crippen LogP contribution in [-0.2, 0) is 4.79 Å². The Hall–Kier alpha value is -1.55. The maximum Gasteiger partial charge on any atom is 0.258 e. The molecule has 1 aliphatic rings. The summed E-state index contributed by atoms with van der Waals surface area (Å²) in [5, 5.41) is 12.1. The number of hydrogen-bond acceptors (Lipinski definition) is 3. The third-order valence-corrected chi connectivity index (χ3v) is 2.31. The molecule has 80 valence electrons. The van der Waals surface area contributed by atoms with E-state index in [1.165, 1.54) is 0 Å². The highest BCUT2D eigenvalue weighted by Gasteiger charge is 2.30. The third-order valence-electron chi connectivity index (χ3n) is 2.31. The fraction of sp³-hybridized carbons (Fsp3) is 0.364. The number of carbonyl (C=O) groups excluding carboxylic acids is 1. The van der Waals surface area contributed by atoms with Crippen LogP contribution in [-0.4, -0.2) is 17.6 Å². The van der Waals surface area contributed by atoms with Gasteiger partial charge in [0, 0.05) is 5.56 Å². The van der Waals surface area contributed by atoms with Crippen molar-refractivity contribution in [3.63, 3.8) is 0 Å². The molecular weight excluding hydrogens is 194 g/mol. The molecule has 2 rings (SSSR count). The van der Waals surface area contributed by atoms with Gasteiger partial charge in [0.15, 0.2) is 6.10 Å². The zero-order chi connectivity index (χ0) is 10.8. The quantitative estimate of drug-likeness (QED) is 0.788. The van der Waals surface area contributed by atoms with Crippen LogP contribution in [0.1, 0.15) is 25.0 Å². The lowest BCUT2D eigenvalue weighted by atomic mass is 10.1. The molecule has 0 spiro atoms. The number of nitrogens with one attached hydrogen (secondary N) is 1. The summed E-state index contributed by atoms with van der Waals surface area (Å²) in [6, 6.07) is 5.27. The number of fused-ring (bicyclic) bond motifs is 1. The molecule has 4 nitrogen and oxygen atoms in total. The second-order valence-corrected chi connectivity index (χ2v) is 3.46. The van der Waals surface area contributed by atoms with E-state index < -0.39 is 12.0 Å². The lowest BCUT2D eigenvalue weighted by molar-refractivity contribution is -0.123. The smallest absolute Gasteiger partial charge is 0.258 e. The summed E-state index contributed by atoms with van der Waals surface area (Å²) >= 11 is 0. The molecule has 1 amide bonds. The van der Waals surface area contributed by atoms with E-state index in [1.807, 2.05) is 6.92 Å². The van der Waals surface area contributed by atoms with Gasteiger partial charge in [-0.05, 0) is 12.5 Å². The first-order valence-corrected chi connectivity index (χ1v) is 4.98. The number of carbonyl (C=O) groups is 1. The zero-order valence-corrected chi connectivity index (χ0v) is 8.49. The van der Waals surface area contributed by atoms with Gasteiger partial charge >= 0.3 is 0 Å². The molecule has 0 aromatic heterocycles. The van der Waals surface area contributed by atoms with E-state index in [-0.39, 0.29) is 0 Å². The summed E-state index contributed by atoms with van der Waals surface area (Å²) in [6.07, 6.45) is -0.162. The van der Waals surface area contributed by atoms with Crippen molar-refractivity contribution in [2.75, 3.05) is 11.9 Å². The largest absolute Gasteiger partial charge is 0.491 e. The summed E-state index contributed by atoms with van der Waals surface area (Å²) in [6.45, 7) is 2.61. The Morgan fingerprint density at radius 1 is 1.53 bits per heavy atom. The number of aliphatic hydroxyl groups excluding tert-OH is 1. The summed E-state index contributed by atoms with van der Waals surface area (Å²) in [7, 11) is 0. The number of anilines is 1. The molecule has 15 heavy (non-hydrogen) atoms. The highest BCUT2D eigenvalue weighted by atomic mass is 16.5. The van der Waals surface area contributed by atoms with Crippen molar-refractivity contribution < 1.29 is 14.6 Å². The molecule has 2 N–H and O–H groups in total. The molecule has 1 atom stereocenters. The second-order valence-electron chi connectivity index (χ2n) is 3.46. The number of ether oxygens (including phenoxy) is 1. The van der Waals surface area contributed by atoms with Gasteiger partial charge in [-0.2, -0.15) is 0 Å². The number of aliphatic hydroxyl groups is 1. The Labute approximate surface area is 87.9 Å². The van der Waals surface area contributed by atoms with Crippen LogP contribution in [0.5, 0.6) is 5.75 Å². The summed E-state index contributed by atoms with van der Waals surface area (Å²) in [5.74, 6) is 0.233. The van der Waals surface area contributed by atoms with Gasteiger partial charge in [-0.25, -0.2) is 0 Å². The van der Waals surface area contributed by atoms with Crippen LogP contribution in [0, 0.1) is 0 Å². The summed E-state index contributed by atoms with van der Waals surface area (Å²) in [4.78, 5) is 11.2. The van der Waals surface area contributed by atoms with E-state index in [4.69, 9.17) is 4.74 Å². The van der Waals surface area contributed by atoms with E-state index >= 15 is 0 Å². The van der Waals surface area contributed by atoms with Gasteiger partial charge in [0.2, 0.25) is 0 Å². The maximum absolute atomic E-state index is 11.2. The van der Waals surface area contributed by atoms with Gasteiger partial charge in [0.05, 0.1) is 12.3 Å². The van der Waals surface area contributed by atoms with E-state index in [0.29, 0.717) is 23.6 Å². The third kappa shape index (κ3) is 1.68. The SMILES string of the molecule is CCCOc1cccc2c1NC(=O)C2O. The average molecular weight is 207 g/mol. The van der Waals surface area contributed by atoms with Crippen molar-refractivity contribution in [3.8, 4) is 5.75 Å². The van der Waals surface area contributed by atoms with Crippen molar-refractivity contribution in [1.82, 2.24) is 0 Å². The lowest BCUT2D eigenvalue weighted by Crippen LogP contribution is -2.10.